The molecular formula is C12H16F3N. The van der Waals surface area contributed by atoms with Gasteiger partial charge in [0.05, 0.1) is 0 Å². The number of halogens is 3. The number of hydrogen-bond acceptors (Lipinski definition) is 1. The first-order valence-corrected chi connectivity index (χ1v) is 5.24. The zero-order valence-corrected chi connectivity index (χ0v) is 9.70. The number of benzene rings is 1. The van der Waals surface area contributed by atoms with Crippen LogP contribution >= 0.6 is 0 Å². The summed E-state index contributed by atoms with van der Waals surface area (Å²) in [6.45, 7) is 6.11. The lowest BCUT2D eigenvalue weighted by atomic mass is 10.0. The minimum absolute atomic E-state index is 0.139. The Hall–Kier alpha value is -1.03. The molecule has 0 fully saturated rings. The van der Waals surface area contributed by atoms with E-state index in [0.29, 0.717) is 6.07 Å². The van der Waals surface area contributed by atoms with Gasteiger partial charge in [-0.1, -0.05) is 6.92 Å². The van der Waals surface area contributed by atoms with E-state index in [1.807, 2.05) is 20.8 Å². The number of hydrogen-bond donors (Lipinski definition) is 1. The van der Waals surface area contributed by atoms with Crippen LogP contribution < -0.4 is 5.32 Å². The van der Waals surface area contributed by atoms with Crippen molar-refractivity contribution in [3.8, 4) is 0 Å². The average Bonchev–Trinajstić information content (AvgIpc) is 2.22. The molecular weight excluding hydrogens is 215 g/mol. The van der Waals surface area contributed by atoms with Crippen LogP contribution in [-0.2, 0) is 6.54 Å². The van der Waals surface area contributed by atoms with Crippen molar-refractivity contribution in [2.45, 2.75) is 39.3 Å². The minimum Gasteiger partial charge on any atom is -0.308 e. The van der Waals surface area contributed by atoms with Gasteiger partial charge in [0.15, 0.2) is 11.6 Å². The molecule has 4 heteroatoms. The molecule has 0 bridgehead atoms. The van der Waals surface area contributed by atoms with Crippen molar-refractivity contribution >= 4 is 0 Å². The molecule has 1 aromatic carbocycles. The minimum atomic E-state index is -1.16. The van der Waals surface area contributed by atoms with Crippen LogP contribution in [0, 0.1) is 17.5 Å². The molecule has 0 atom stereocenters. The van der Waals surface area contributed by atoms with Gasteiger partial charge in [0.1, 0.15) is 5.82 Å². The molecule has 0 aliphatic rings. The van der Waals surface area contributed by atoms with E-state index in [0.717, 1.165) is 12.5 Å². The van der Waals surface area contributed by atoms with Crippen LogP contribution in [0.2, 0.25) is 0 Å². The molecule has 0 heterocycles. The van der Waals surface area contributed by atoms with Crippen molar-refractivity contribution in [1.82, 2.24) is 5.32 Å². The van der Waals surface area contributed by atoms with Crippen molar-refractivity contribution in [3.63, 3.8) is 0 Å². The van der Waals surface area contributed by atoms with E-state index in [1.165, 1.54) is 0 Å². The first-order valence-electron chi connectivity index (χ1n) is 5.24. The Kier molecular flexibility index (Phi) is 3.97. The molecule has 0 aromatic heterocycles. The van der Waals surface area contributed by atoms with Crippen LogP contribution in [0.15, 0.2) is 12.1 Å². The van der Waals surface area contributed by atoms with Crippen molar-refractivity contribution in [2.75, 3.05) is 0 Å². The Morgan fingerprint density at radius 1 is 1.06 bits per heavy atom. The van der Waals surface area contributed by atoms with Gasteiger partial charge in [-0.2, -0.15) is 0 Å². The summed E-state index contributed by atoms with van der Waals surface area (Å²) < 4.78 is 38.8. The van der Waals surface area contributed by atoms with Crippen molar-refractivity contribution in [1.29, 1.82) is 0 Å². The van der Waals surface area contributed by atoms with E-state index in [9.17, 15) is 13.2 Å². The van der Waals surface area contributed by atoms with Gasteiger partial charge < -0.3 is 5.32 Å². The number of nitrogens with one attached hydrogen (secondary N) is 1. The van der Waals surface area contributed by atoms with Crippen LogP contribution in [0.5, 0.6) is 0 Å². The van der Waals surface area contributed by atoms with Gasteiger partial charge in [-0.05, 0) is 26.3 Å². The monoisotopic (exact) mass is 231 g/mol. The molecule has 90 valence electrons. The van der Waals surface area contributed by atoms with E-state index >= 15 is 0 Å². The van der Waals surface area contributed by atoms with Crippen LogP contribution in [0.4, 0.5) is 13.2 Å². The molecule has 0 aliphatic heterocycles. The quantitative estimate of drug-likeness (QED) is 0.783. The number of rotatable bonds is 4. The first-order chi connectivity index (χ1) is 7.35. The van der Waals surface area contributed by atoms with Gasteiger partial charge >= 0.3 is 0 Å². The van der Waals surface area contributed by atoms with E-state index in [4.69, 9.17) is 0 Å². The third-order valence-electron chi connectivity index (χ3n) is 2.73. The molecule has 1 rings (SSSR count). The molecule has 1 N–H and O–H groups in total. The topological polar surface area (TPSA) is 12.0 Å². The maximum Gasteiger partial charge on any atom is 0.161 e. The predicted molar refractivity (Wildman–Crippen MR) is 57.5 cm³/mol. The van der Waals surface area contributed by atoms with E-state index in [-0.39, 0.29) is 17.6 Å². The lowest BCUT2D eigenvalue weighted by molar-refractivity contribution is 0.369. The summed E-state index contributed by atoms with van der Waals surface area (Å²) in [6.07, 6.45) is 0.859. The fourth-order valence-corrected chi connectivity index (χ4v) is 1.16. The Morgan fingerprint density at radius 2 is 1.62 bits per heavy atom. The highest BCUT2D eigenvalue weighted by Crippen LogP contribution is 2.15. The molecule has 1 nitrogen and oxygen atoms in total. The lowest BCUT2D eigenvalue weighted by Crippen LogP contribution is -2.38. The average molecular weight is 231 g/mol. The molecule has 0 radical (unpaired) electrons. The van der Waals surface area contributed by atoms with Crippen LogP contribution in [0.1, 0.15) is 32.8 Å². The second-order valence-electron chi connectivity index (χ2n) is 4.45. The van der Waals surface area contributed by atoms with E-state index < -0.39 is 17.5 Å². The zero-order valence-electron chi connectivity index (χ0n) is 9.70. The van der Waals surface area contributed by atoms with Crippen molar-refractivity contribution in [2.24, 2.45) is 0 Å². The third kappa shape index (κ3) is 3.23. The summed E-state index contributed by atoms with van der Waals surface area (Å²) >= 11 is 0. The Balaban J connectivity index is 2.79. The highest BCUT2D eigenvalue weighted by atomic mass is 19.2. The normalized spacial score (nSPS) is 11.9. The SMILES string of the molecule is CCC(C)(C)NCc1cc(F)c(F)cc1F. The molecule has 0 aliphatic carbocycles. The standard InChI is InChI=1S/C12H16F3N/c1-4-12(2,3)16-7-8-5-10(14)11(15)6-9(8)13/h5-6,16H,4,7H2,1-3H3. The Morgan fingerprint density at radius 3 is 2.19 bits per heavy atom. The Labute approximate surface area is 93.7 Å². The molecule has 0 saturated heterocycles. The van der Waals surface area contributed by atoms with Gasteiger partial charge in [0, 0.05) is 23.7 Å². The summed E-state index contributed by atoms with van der Waals surface area (Å²) in [5.74, 6) is -2.90. The summed E-state index contributed by atoms with van der Waals surface area (Å²) in [6, 6.07) is 1.47. The molecule has 0 unspecified atom stereocenters. The lowest BCUT2D eigenvalue weighted by Gasteiger charge is -2.24. The molecule has 1 aromatic rings. The maximum absolute atomic E-state index is 13.3. The van der Waals surface area contributed by atoms with Crippen molar-refractivity contribution in [3.05, 3.63) is 35.1 Å². The van der Waals surface area contributed by atoms with Crippen LogP contribution in [0.3, 0.4) is 0 Å². The van der Waals surface area contributed by atoms with E-state index in [1.54, 1.807) is 0 Å². The molecule has 0 saturated carbocycles. The fraction of sp³-hybridized carbons (Fsp3) is 0.500. The molecule has 0 amide bonds. The van der Waals surface area contributed by atoms with Gasteiger partial charge in [-0.15, -0.1) is 0 Å². The van der Waals surface area contributed by atoms with Crippen LogP contribution in [-0.4, -0.2) is 5.54 Å². The van der Waals surface area contributed by atoms with E-state index in [2.05, 4.69) is 5.32 Å². The van der Waals surface area contributed by atoms with Gasteiger partial charge in [-0.25, -0.2) is 13.2 Å². The molecule has 0 spiro atoms. The predicted octanol–water partition coefficient (Wildman–Crippen LogP) is 3.38. The van der Waals surface area contributed by atoms with Gasteiger partial charge in [0.25, 0.3) is 0 Å². The summed E-state index contributed by atoms with van der Waals surface area (Å²) in [5.41, 5.74) is -0.0162. The summed E-state index contributed by atoms with van der Waals surface area (Å²) in [4.78, 5) is 0. The van der Waals surface area contributed by atoms with Gasteiger partial charge in [0.2, 0.25) is 0 Å². The maximum atomic E-state index is 13.3. The second-order valence-corrected chi connectivity index (χ2v) is 4.45. The fourth-order valence-electron chi connectivity index (χ4n) is 1.16. The highest BCUT2D eigenvalue weighted by Gasteiger charge is 2.16. The van der Waals surface area contributed by atoms with Gasteiger partial charge in [-0.3, -0.25) is 0 Å². The smallest absolute Gasteiger partial charge is 0.161 e. The molecule has 16 heavy (non-hydrogen) atoms. The van der Waals surface area contributed by atoms with Crippen molar-refractivity contribution < 1.29 is 13.2 Å². The first kappa shape index (κ1) is 13.0. The third-order valence-corrected chi connectivity index (χ3v) is 2.73. The second kappa shape index (κ2) is 4.87. The summed E-state index contributed by atoms with van der Waals surface area (Å²) in [5, 5.41) is 3.08. The van der Waals surface area contributed by atoms with Crippen LogP contribution in [0.25, 0.3) is 0 Å². The highest BCUT2D eigenvalue weighted by molar-refractivity contribution is 5.20. The summed E-state index contributed by atoms with van der Waals surface area (Å²) in [7, 11) is 0. The Bertz CT molecular complexity index is 375. The largest absolute Gasteiger partial charge is 0.308 e. The zero-order chi connectivity index (χ0) is 12.3.